The van der Waals surface area contributed by atoms with Crippen LogP contribution in [0.15, 0.2) is 40.3 Å². The Kier molecular flexibility index (Phi) is 2.79. The molecule has 2 aromatic rings. The Bertz CT molecular complexity index is 688. The summed E-state index contributed by atoms with van der Waals surface area (Å²) in [5, 5.41) is 4.15. The summed E-state index contributed by atoms with van der Waals surface area (Å²) in [4.78, 5) is 11.5. The van der Waals surface area contributed by atoms with Crippen molar-refractivity contribution in [2.24, 2.45) is 16.5 Å². The first kappa shape index (κ1) is 12.2. The summed E-state index contributed by atoms with van der Waals surface area (Å²) in [7, 11) is 0. The molecule has 0 saturated heterocycles. The molecule has 0 saturated carbocycles. The van der Waals surface area contributed by atoms with Gasteiger partial charge in [0.15, 0.2) is 0 Å². The lowest BCUT2D eigenvalue weighted by atomic mass is 9.99. The number of nitrogens with zero attached hydrogens (tertiary/aromatic N) is 2. The van der Waals surface area contributed by atoms with Crippen molar-refractivity contribution >= 4 is 32.8 Å². The Morgan fingerprint density at radius 1 is 1.42 bits per heavy atom. The van der Waals surface area contributed by atoms with Crippen molar-refractivity contribution in [3.05, 3.63) is 40.9 Å². The normalized spacial score (nSPS) is 22.8. The highest BCUT2D eigenvalue weighted by molar-refractivity contribution is 9.11. The number of hydrogen-bond donors (Lipinski definition) is 4. The minimum atomic E-state index is -0.904. The summed E-state index contributed by atoms with van der Waals surface area (Å²) in [5.41, 5.74) is 13.2. The van der Waals surface area contributed by atoms with Crippen LogP contribution in [0.2, 0.25) is 0 Å². The molecule has 19 heavy (non-hydrogen) atoms. The first-order valence-corrected chi connectivity index (χ1v) is 6.55. The van der Waals surface area contributed by atoms with E-state index in [0.29, 0.717) is 16.9 Å². The van der Waals surface area contributed by atoms with Gasteiger partial charge in [0.05, 0.1) is 10.8 Å². The van der Waals surface area contributed by atoms with E-state index in [1.165, 1.54) is 0 Å². The van der Waals surface area contributed by atoms with Crippen molar-refractivity contribution in [2.75, 3.05) is 0 Å². The lowest BCUT2D eigenvalue weighted by Crippen LogP contribution is -2.64. The highest BCUT2D eigenvalue weighted by atomic mass is 79.9. The molecule has 0 radical (unpaired) electrons. The molecular weight excluding hydrogens is 308 g/mol. The summed E-state index contributed by atoms with van der Waals surface area (Å²) >= 11 is 3.33. The zero-order valence-corrected chi connectivity index (χ0v) is 11.6. The highest BCUT2D eigenvalue weighted by Gasteiger charge is 2.33. The summed E-state index contributed by atoms with van der Waals surface area (Å²) in [6, 6.07) is 3.89. The smallest absolute Gasteiger partial charge is 0.149 e. The third kappa shape index (κ3) is 2.11. The Morgan fingerprint density at radius 2 is 2.26 bits per heavy atom. The fourth-order valence-corrected chi connectivity index (χ4v) is 2.60. The van der Waals surface area contributed by atoms with Gasteiger partial charge in [-0.2, -0.15) is 0 Å². The molecule has 3 rings (SSSR count). The van der Waals surface area contributed by atoms with Crippen LogP contribution >= 0.6 is 15.9 Å². The van der Waals surface area contributed by atoms with E-state index in [2.05, 4.69) is 36.2 Å². The number of hydrogen-bond acceptors (Lipinski definition) is 5. The maximum absolute atomic E-state index is 6.30. The molecule has 1 aliphatic rings. The monoisotopic (exact) mass is 320 g/mol. The molecule has 6 nitrogen and oxygen atoms in total. The second kappa shape index (κ2) is 4.36. The Labute approximate surface area is 118 Å². The topological polar surface area (TPSA) is 105 Å². The van der Waals surface area contributed by atoms with Gasteiger partial charge < -0.3 is 21.8 Å². The average molecular weight is 321 g/mol. The zero-order valence-electron chi connectivity index (χ0n) is 10.0. The number of aromatic nitrogens is 2. The van der Waals surface area contributed by atoms with Crippen molar-refractivity contribution in [2.45, 2.75) is 12.1 Å². The molecule has 7 heteroatoms. The van der Waals surface area contributed by atoms with E-state index < -0.39 is 5.66 Å². The number of H-pyrrole nitrogens is 1. The van der Waals surface area contributed by atoms with E-state index in [9.17, 15) is 0 Å². The van der Waals surface area contributed by atoms with E-state index in [1.54, 1.807) is 12.4 Å². The van der Waals surface area contributed by atoms with Gasteiger partial charge in [0.1, 0.15) is 17.1 Å². The third-order valence-corrected chi connectivity index (χ3v) is 3.53. The summed E-state index contributed by atoms with van der Waals surface area (Å²) in [5.74, 6) is 0.356. The van der Waals surface area contributed by atoms with Crippen LogP contribution < -0.4 is 16.8 Å². The standard InChI is InChI=1S/C12H13BrN6/c13-9-6-18-11(14)12(15,19-9)4-7-5-17-10-8(7)2-1-3-16-10/h1-3,5-6,19H,4,15H2,(H2,14,18)(H,16,17). The quantitative estimate of drug-likeness (QED) is 0.617. The Morgan fingerprint density at radius 3 is 3.11 bits per heavy atom. The van der Waals surface area contributed by atoms with E-state index in [4.69, 9.17) is 11.5 Å². The molecule has 0 bridgehead atoms. The van der Waals surface area contributed by atoms with E-state index in [0.717, 1.165) is 16.6 Å². The van der Waals surface area contributed by atoms with Gasteiger partial charge in [0.2, 0.25) is 0 Å². The Balaban J connectivity index is 1.97. The molecule has 1 unspecified atom stereocenters. The lowest BCUT2D eigenvalue weighted by molar-refractivity contribution is 0.492. The van der Waals surface area contributed by atoms with Crippen LogP contribution in [0.1, 0.15) is 5.56 Å². The number of nitrogens with one attached hydrogen (secondary N) is 2. The zero-order chi connectivity index (χ0) is 13.5. The number of fused-ring (bicyclic) bond motifs is 1. The first-order valence-electron chi connectivity index (χ1n) is 5.76. The second-order valence-electron chi connectivity index (χ2n) is 4.48. The van der Waals surface area contributed by atoms with Crippen molar-refractivity contribution in [3.8, 4) is 0 Å². The van der Waals surface area contributed by atoms with Gasteiger partial charge in [-0.3, -0.25) is 0 Å². The SMILES string of the molecule is NC1=NC=C(Br)NC1(N)Cc1c[nH]c2ncccc12. The predicted octanol–water partition coefficient (Wildman–Crippen LogP) is 0.915. The number of amidine groups is 1. The maximum atomic E-state index is 6.30. The van der Waals surface area contributed by atoms with Crippen LogP contribution in [0.4, 0.5) is 0 Å². The molecule has 1 aliphatic heterocycles. The molecule has 2 aromatic heterocycles. The van der Waals surface area contributed by atoms with Crippen molar-refractivity contribution in [1.29, 1.82) is 0 Å². The average Bonchev–Trinajstić information content (AvgIpc) is 2.78. The third-order valence-electron chi connectivity index (χ3n) is 3.12. The number of aromatic amines is 1. The van der Waals surface area contributed by atoms with E-state index in [1.807, 2.05) is 18.3 Å². The van der Waals surface area contributed by atoms with Gasteiger partial charge in [-0.1, -0.05) is 0 Å². The fourth-order valence-electron chi connectivity index (χ4n) is 2.14. The molecule has 0 fully saturated rings. The molecule has 6 N–H and O–H groups in total. The van der Waals surface area contributed by atoms with Crippen LogP contribution in [0.3, 0.4) is 0 Å². The van der Waals surface area contributed by atoms with Gasteiger partial charge in [-0.15, -0.1) is 0 Å². The van der Waals surface area contributed by atoms with E-state index >= 15 is 0 Å². The molecule has 0 spiro atoms. The van der Waals surface area contributed by atoms with Crippen LogP contribution in [-0.2, 0) is 6.42 Å². The molecule has 0 amide bonds. The van der Waals surface area contributed by atoms with Crippen LogP contribution in [0, 0.1) is 0 Å². The van der Waals surface area contributed by atoms with Crippen molar-refractivity contribution in [3.63, 3.8) is 0 Å². The number of aliphatic imine (C=N–C) groups is 1. The summed E-state index contributed by atoms with van der Waals surface area (Å²) in [6.45, 7) is 0. The molecule has 3 heterocycles. The van der Waals surface area contributed by atoms with Gasteiger partial charge in [0.25, 0.3) is 0 Å². The van der Waals surface area contributed by atoms with Gasteiger partial charge >= 0.3 is 0 Å². The predicted molar refractivity (Wildman–Crippen MR) is 78.5 cm³/mol. The molecular formula is C12H13BrN6. The minimum absolute atomic E-state index is 0.356. The second-order valence-corrected chi connectivity index (χ2v) is 5.33. The summed E-state index contributed by atoms with van der Waals surface area (Å²) < 4.78 is 0.710. The van der Waals surface area contributed by atoms with Crippen LogP contribution in [0.25, 0.3) is 11.0 Å². The van der Waals surface area contributed by atoms with E-state index in [-0.39, 0.29) is 0 Å². The summed E-state index contributed by atoms with van der Waals surface area (Å²) in [6.07, 6.45) is 5.75. The van der Waals surface area contributed by atoms with Gasteiger partial charge in [0, 0.05) is 24.2 Å². The van der Waals surface area contributed by atoms with Gasteiger partial charge in [-0.25, -0.2) is 9.98 Å². The molecule has 0 aromatic carbocycles. The molecule has 1 atom stereocenters. The fraction of sp³-hybridized carbons (Fsp3) is 0.167. The first-order chi connectivity index (χ1) is 9.08. The Hall–Kier alpha value is -1.86. The molecule has 98 valence electrons. The lowest BCUT2D eigenvalue weighted by Gasteiger charge is -2.32. The van der Waals surface area contributed by atoms with Gasteiger partial charge in [-0.05, 0) is 33.6 Å². The number of pyridine rings is 1. The number of halogens is 1. The van der Waals surface area contributed by atoms with Crippen molar-refractivity contribution in [1.82, 2.24) is 15.3 Å². The highest BCUT2D eigenvalue weighted by Crippen LogP contribution is 2.22. The molecule has 0 aliphatic carbocycles. The van der Waals surface area contributed by atoms with Crippen LogP contribution in [-0.4, -0.2) is 21.5 Å². The van der Waals surface area contributed by atoms with Crippen molar-refractivity contribution < 1.29 is 0 Å². The number of nitrogens with two attached hydrogens (primary N) is 2. The van der Waals surface area contributed by atoms with Crippen LogP contribution in [0.5, 0.6) is 0 Å². The minimum Gasteiger partial charge on any atom is -0.384 e. The maximum Gasteiger partial charge on any atom is 0.149 e. The number of rotatable bonds is 2. The largest absolute Gasteiger partial charge is 0.384 e.